The summed E-state index contributed by atoms with van der Waals surface area (Å²) in [5, 5.41) is 10.4. The maximum Gasteiger partial charge on any atom is 0.322 e. The zero-order chi connectivity index (χ0) is 9.72. The summed E-state index contributed by atoms with van der Waals surface area (Å²) in [6.07, 6.45) is 0. The molecule has 0 rings (SSSR count). The third-order valence-electron chi connectivity index (χ3n) is 1.43. The Morgan fingerprint density at radius 3 is 2.23 bits per heavy atom. The fourth-order valence-corrected chi connectivity index (χ4v) is 0.583. The second-order valence-corrected chi connectivity index (χ2v) is 2.88. The molecule has 0 aromatic carbocycles. The van der Waals surface area contributed by atoms with Crippen molar-refractivity contribution in [1.29, 1.82) is 0 Å². The predicted molar refractivity (Wildman–Crippen MR) is 50.7 cm³/mol. The Bertz CT molecular complexity index is 185. The Morgan fingerprint density at radius 2 is 1.92 bits per heavy atom. The summed E-state index contributed by atoms with van der Waals surface area (Å²) in [4.78, 5) is 21.0. The number of amides is 1. The number of rotatable bonds is 4. The summed E-state index contributed by atoms with van der Waals surface area (Å²) in [6.45, 7) is 3.22. The molecule has 0 saturated heterocycles. The van der Waals surface area contributed by atoms with Gasteiger partial charge in [-0.25, -0.2) is 0 Å². The Morgan fingerprint density at radius 1 is 1.46 bits per heavy atom. The fraction of sp³-hybridized carbons (Fsp3) is 0.714. The topological polar surface area (TPSA) is 92.4 Å². The highest BCUT2D eigenvalue weighted by atomic mass is 35.5. The lowest BCUT2D eigenvalue weighted by Crippen LogP contribution is -2.45. The first-order chi connectivity index (χ1) is 5.45. The van der Waals surface area contributed by atoms with Crippen molar-refractivity contribution in [2.75, 3.05) is 6.54 Å². The van der Waals surface area contributed by atoms with Gasteiger partial charge in [0, 0.05) is 0 Å². The van der Waals surface area contributed by atoms with Crippen LogP contribution in [0.1, 0.15) is 13.8 Å². The smallest absolute Gasteiger partial charge is 0.322 e. The van der Waals surface area contributed by atoms with Crippen molar-refractivity contribution in [3.8, 4) is 0 Å². The minimum Gasteiger partial charge on any atom is -0.480 e. The summed E-state index contributed by atoms with van der Waals surface area (Å²) >= 11 is 0. The van der Waals surface area contributed by atoms with Crippen LogP contribution >= 0.6 is 12.4 Å². The second-order valence-electron chi connectivity index (χ2n) is 2.88. The number of hydrogen-bond acceptors (Lipinski definition) is 3. The molecule has 0 saturated carbocycles. The van der Waals surface area contributed by atoms with Crippen LogP contribution in [0.25, 0.3) is 0 Å². The third kappa shape index (κ3) is 6.36. The van der Waals surface area contributed by atoms with Crippen molar-refractivity contribution < 1.29 is 14.7 Å². The van der Waals surface area contributed by atoms with Gasteiger partial charge in [0.1, 0.15) is 6.54 Å². The molecule has 0 unspecified atom stereocenters. The number of halogens is 1. The van der Waals surface area contributed by atoms with E-state index in [1.807, 2.05) is 0 Å². The largest absolute Gasteiger partial charge is 0.480 e. The van der Waals surface area contributed by atoms with Gasteiger partial charge < -0.3 is 16.2 Å². The number of carbonyl (C=O) groups is 2. The van der Waals surface area contributed by atoms with Gasteiger partial charge >= 0.3 is 5.97 Å². The molecule has 0 radical (unpaired) electrons. The van der Waals surface area contributed by atoms with Gasteiger partial charge in [0.15, 0.2) is 0 Å². The maximum atomic E-state index is 11.0. The number of aliphatic carboxylic acids is 1. The van der Waals surface area contributed by atoms with E-state index in [1.165, 1.54) is 0 Å². The molecule has 13 heavy (non-hydrogen) atoms. The predicted octanol–water partition coefficient (Wildman–Crippen LogP) is -0.408. The molecular weight excluding hydrogens is 196 g/mol. The fourth-order valence-electron chi connectivity index (χ4n) is 0.583. The lowest BCUT2D eigenvalue weighted by atomic mass is 10.1. The van der Waals surface area contributed by atoms with Crippen LogP contribution in [-0.2, 0) is 9.59 Å². The summed E-state index contributed by atoms with van der Waals surface area (Å²) in [5.74, 6) is -1.48. The summed E-state index contributed by atoms with van der Waals surface area (Å²) in [5.41, 5.74) is 5.44. The molecule has 5 nitrogen and oxygen atoms in total. The van der Waals surface area contributed by atoms with E-state index in [9.17, 15) is 9.59 Å². The van der Waals surface area contributed by atoms with Gasteiger partial charge in [-0.15, -0.1) is 12.4 Å². The van der Waals surface area contributed by atoms with E-state index in [1.54, 1.807) is 13.8 Å². The first kappa shape index (κ1) is 14.7. The minimum atomic E-state index is -1.07. The van der Waals surface area contributed by atoms with E-state index < -0.39 is 17.9 Å². The van der Waals surface area contributed by atoms with Gasteiger partial charge in [-0.2, -0.15) is 0 Å². The van der Waals surface area contributed by atoms with Crippen LogP contribution in [0.2, 0.25) is 0 Å². The van der Waals surface area contributed by atoms with Gasteiger partial charge in [0.2, 0.25) is 5.91 Å². The average molecular weight is 211 g/mol. The van der Waals surface area contributed by atoms with E-state index in [2.05, 4.69) is 5.32 Å². The quantitative estimate of drug-likeness (QED) is 0.588. The van der Waals surface area contributed by atoms with E-state index in [4.69, 9.17) is 10.8 Å². The number of nitrogens with two attached hydrogens (primary N) is 1. The molecule has 1 atom stereocenters. The molecule has 0 aromatic heterocycles. The monoisotopic (exact) mass is 210 g/mol. The molecule has 0 aliphatic carbocycles. The van der Waals surface area contributed by atoms with Gasteiger partial charge in [0.25, 0.3) is 0 Å². The molecule has 0 heterocycles. The van der Waals surface area contributed by atoms with Crippen LogP contribution in [0.3, 0.4) is 0 Å². The van der Waals surface area contributed by atoms with Gasteiger partial charge in [-0.05, 0) is 5.92 Å². The van der Waals surface area contributed by atoms with E-state index in [0.29, 0.717) is 0 Å². The highest BCUT2D eigenvalue weighted by Gasteiger charge is 2.16. The number of hydrogen-bond donors (Lipinski definition) is 3. The first-order valence-electron chi connectivity index (χ1n) is 3.70. The van der Waals surface area contributed by atoms with Gasteiger partial charge in [-0.3, -0.25) is 9.59 Å². The summed E-state index contributed by atoms with van der Waals surface area (Å²) in [7, 11) is 0. The van der Waals surface area contributed by atoms with E-state index in [-0.39, 0.29) is 24.9 Å². The van der Waals surface area contributed by atoms with E-state index in [0.717, 1.165) is 0 Å². The zero-order valence-corrected chi connectivity index (χ0v) is 8.43. The number of carbonyl (C=O) groups excluding carboxylic acids is 1. The summed E-state index contributed by atoms with van der Waals surface area (Å²) in [6, 6.07) is -0.635. The molecule has 78 valence electrons. The van der Waals surface area contributed by atoms with Crippen molar-refractivity contribution >= 4 is 24.3 Å². The van der Waals surface area contributed by atoms with Crippen molar-refractivity contribution in [2.45, 2.75) is 19.9 Å². The molecule has 6 heteroatoms. The van der Waals surface area contributed by atoms with Crippen LogP contribution < -0.4 is 11.1 Å². The number of nitrogens with one attached hydrogen (secondary N) is 1. The average Bonchev–Trinajstić information content (AvgIpc) is 1.98. The van der Waals surface area contributed by atoms with Crippen molar-refractivity contribution in [3.63, 3.8) is 0 Å². The molecule has 0 aliphatic heterocycles. The second kappa shape index (κ2) is 6.68. The van der Waals surface area contributed by atoms with Crippen molar-refractivity contribution in [1.82, 2.24) is 5.32 Å². The molecule has 0 bridgehead atoms. The maximum absolute atomic E-state index is 11.0. The molecule has 1 amide bonds. The van der Waals surface area contributed by atoms with Crippen molar-refractivity contribution in [2.24, 2.45) is 11.7 Å². The minimum absolute atomic E-state index is 0. The molecular formula is C7H15ClN2O3. The lowest BCUT2D eigenvalue weighted by molar-refractivity contribution is -0.138. The van der Waals surface area contributed by atoms with Crippen LogP contribution in [0.4, 0.5) is 0 Å². The Labute approximate surface area is 83.1 Å². The molecule has 4 N–H and O–H groups in total. The zero-order valence-electron chi connectivity index (χ0n) is 7.61. The van der Waals surface area contributed by atoms with Crippen LogP contribution in [0, 0.1) is 5.92 Å². The number of carboxylic acid groups (broad SMARTS) is 1. The highest BCUT2D eigenvalue weighted by molar-refractivity contribution is 5.85. The first-order valence-corrected chi connectivity index (χ1v) is 3.70. The third-order valence-corrected chi connectivity index (χ3v) is 1.43. The van der Waals surface area contributed by atoms with E-state index >= 15 is 0 Å². The molecule has 0 spiro atoms. The Hall–Kier alpha value is -0.810. The van der Waals surface area contributed by atoms with Gasteiger partial charge in [0.05, 0.1) is 6.04 Å². The standard InChI is InChI=1S/C7H14N2O3.ClH/c1-4(2)6(8)7(12)9-3-5(10)11;/h4,6H,3,8H2,1-2H3,(H,9,12)(H,10,11);1H/t6-;/m0./s1. The van der Waals surface area contributed by atoms with Gasteiger partial charge in [-0.1, -0.05) is 13.8 Å². The number of carboxylic acids is 1. The van der Waals surface area contributed by atoms with Crippen LogP contribution in [0.15, 0.2) is 0 Å². The lowest BCUT2D eigenvalue weighted by Gasteiger charge is -2.13. The van der Waals surface area contributed by atoms with Crippen LogP contribution in [0.5, 0.6) is 0 Å². The highest BCUT2D eigenvalue weighted by Crippen LogP contribution is 1.96. The molecule has 0 aliphatic rings. The Balaban J connectivity index is 0. The molecule has 0 aromatic rings. The van der Waals surface area contributed by atoms with Crippen LogP contribution in [-0.4, -0.2) is 29.6 Å². The summed E-state index contributed by atoms with van der Waals surface area (Å²) < 4.78 is 0. The van der Waals surface area contributed by atoms with Crippen molar-refractivity contribution in [3.05, 3.63) is 0 Å². The Kier molecular flexibility index (Phi) is 7.55. The SMILES string of the molecule is CC(C)[C@H](N)C(=O)NCC(=O)O.Cl. The normalized spacial score (nSPS) is 11.7. The molecule has 0 fully saturated rings.